The molecule has 0 aliphatic heterocycles. The van der Waals surface area contributed by atoms with Crippen molar-refractivity contribution in [2.75, 3.05) is 27.2 Å². The minimum atomic E-state index is -4.89. The van der Waals surface area contributed by atoms with E-state index < -0.39 is 7.82 Å². The topological polar surface area (TPSA) is 80.6 Å². The number of hydrogen-bond donors (Lipinski definition) is 2. The molecule has 0 fully saturated rings. The summed E-state index contributed by atoms with van der Waals surface area (Å²) in [5.74, 6) is 0. The lowest BCUT2D eigenvalue weighted by Gasteiger charge is -2.30. The zero-order valence-corrected chi connectivity index (χ0v) is 21.6. The molecule has 0 aliphatic carbocycles. The standard InChI is InChI=1S/C24H52N.H3O4P/c1-5-7-9-11-13-15-17-19-21-23-25(3,4)24-22-20-18-16-14-12-10-8-6-2;1-5(2,3)4/h5-24H2,1-4H3;(H3,1,2,3,4)/q+1;/p-1. The van der Waals surface area contributed by atoms with Gasteiger partial charge in [0, 0.05) is 0 Å². The highest BCUT2D eigenvalue weighted by atomic mass is 31.2. The molecule has 0 rings (SSSR count). The van der Waals surface area contributed by atoms with E-state index in [1.807, 2.05) is 0 Å². The lowest BCUT2D eigenvalue weighted by atomic mass is 10.1. The number of nitrogens with zero attached hydrogens (tertiary/aromatic N) is 1. The van der Waals surface area contributed by atoms with Crippen LogP contribution in [0, 0.1) is 0 Å². The minimum Gasteiger partial charge on any atom is -0.756 e. The number of unbranched alkanes of at least 4 members (excludes halogenated alkanes) is 16. The second-order valence-corrected chi connectivity index (χ2v) is 10.5. The van der Waals surface area contributed by atoms with Crippen molar-refractivity contribution in [2.45, 2.75) is 129 Å². The maximum Gasteiger partial charge on any atom is 0.262 e. The predicted octanol–water partition coefficient (Wildman–Crippen LogP) is 6.56. The van der Waals surface area contributed by atoms with Crippen molar-refractivity contribution in [3.63, 3.8) is 0 Å². The zero-order valence-electron chi connectivity index (χ0n) is 20.7. The van der Waals surface area contributed by atoms with Crippen LogP contribution in [-0.2, 0) is 4.57 Å². The molecule has 0 aliphatic rings. The number of phosphoric acid groups is 1. The third kappa shape index (κ3) is 35.5. The van der Waals surface area contributed by atoms with Gasteiger partial charge in [0.05, 0.1) is 27.2 Å². The molecule has 0 spiro atoms. The van der Waals surface area contributed by atoms with Gasteiger partial charge in [-0.1, -0.05) is 104 Å². The van der Waals surface area contributed by atoms with Crippen LogP contribution in [0.25, 0.3) is 0 Å². The SMILES string of the molecule is CCCCCCCCCCC[N+](C)(C)CCCCCCCCCCC.O=P([O-])(O)O. The van der Waals surface area contributed by atoms with Crippen LogP contribution in [0.5, 0.6) is 0 Å². The van der Waals surface area contributed by atoms with E-state index in [1.165, 1.54) is 133 Å². The monoisotopic (exact) mass is 451 g/mol. The Hall–Kier alpha value is 0.0700. The van der Waals surface area contributed by atoms with Gasteiger partial charge in [0.25, 0.3) is 7.82 Å². The third-order valence-corrected chi connectivity index (χ3v) is 5.73. The number of quaternary nitrogens is 1. The summed E-state index contributed by atoms with van der Waals surface area (Å²) in [6.45, 7) is 7.36. The fourth-order valence-electron chi connectivity index (χ4n) is 3.81. The van der Waals surface area contributed by atoms with Crippen LogP contribution in [0.4, 0.5) is 0 Å². The molecule has 0 aromatic rings. The van der Waals surface area contributed by atoms with Crippen LogP contribution in [-0.4, -0.2) is 41.5 Å². The zero-order chi connectivity index (χ0) is 23.1. The average molecular weight is 452 g/mol. The molecule has 0 heterocycles. The van der Waals surface area contributed by atoms with Crippen LogP contribution >= 0.6 is 7.82 Å². The Labute approximate surface area is 188 Å². The molecule has 0 amide bonds. The molecule has 0 aromatic carbocycles. The summed E-state index contributed by atoms with van der Waals surface area (Å²) in [6, 6.07) is 0. The van der Waals surface area contributed by atoms with Crippen molar-refractivity contribution in [3.05, 3.63) is 0 Å². The fraction of sp³-hybridized carbons (Fsp3) is 1.00. The van der Waals surface area contributed by atoms with Gasteiger partial charge >= 0.3 is 0 Å². The molecule has 0 aromatic heterocycles. The van der Waals surface area contributed by atoms with Crippen LogP contribution < -0.4 is 4.89 Å². The molecule has 30 heavy (non-hydrogen) atoms. The van der Waals surface area contributed by atoms with Crippen molar-refractivity contribution in [1.82, 2.24) is 0 Å². The third-order valence-electron chi connectivity index (χ3n) is 5.73. The second-order valence-electron chi connectivity index (χ2n) is 9.53. The van der Waals surface area contributed by atoms with E-state index in [4.69, 9.17) is 19.2 Å². The van der Waals surface area contributed by atoms with Gasteiger partial charge in [-0.25, -0.2) is 0 Å². The average Bonchev–Trinajstić information content (AvgIpc) is 2.64. The molecule has 184 valence electrons. The highest BCUT2D eigenvalue weighted by Crippen LogP contribution is 2.19. The molecule has 0 saturated heterocycles. The molecule has 2 N–H and O–H groups in total. The van der Waals surface area contributed by atoms with Crippen molar-refractivity contribution in [3.8, 4) is 0 Å². The summed E-state index contributed by atoms with van der Waals surface area (Å²) in [5, 5.41) is 0. The molecule has 0 bridgehead atoms. The summed E-state index contributed by atoms with van der Waals surface area (Å²) in [6.07, 6.45) is 26.0. The van der Waals surface area contributed by atoms with Gasteiger partial charge in [-0.3, -0.25) is 4.57 Å². The van der Waals surface area contributed by atoms with E-state index >= 15 is 0 Å². The Morgan fingerprint density at radius 3 is 1.00 bits per heavy atom. The van der Waals surface area contributed by atoms with Crippen LogP contribution in [0.2, 0.25) is 0 Å². The summed E-state index contributed by atoms with van der Waals surface area (Å²) < 4.78 is 10.0. The smallest absolute Gasteiger partial charge is 0.262 e. The molecule has 6 heteroatoms. The Bertz CT molecular complexity index is 353. The van der Waals surface area contributed by atoms with Gasteiger partial charge in [0.1, 0.15) is 0 Å². The normalized spacial score (nSPS) is 12.0. The molecule has 0 saturated carbocycles. The van der Waals surface area contributed by atoms with E-state index in [0.717, 1.165) is 0 Å². The highest BCUT2D eigenvalue weighted by Gasteiger charge is 2.13. The minimum absolute atomic E-state index is 1.24. The molecule has 5 nitrogen and oxygen atoms in total. The first-order chi connectivity index (χ1) is 14.1. The van der Waals surface area contributed by atoms with Gasteiger partial charge in [-0.15, -0.1) is 0 Å². The maximum atomic E-state index is 8.77. The fourth-order valence-corrected chi connectivity index (χ4v) is 3.81. The highest BCUT2D eigenvalue weighted by molar-refractivity contribution is 7.43. The first-order valence-corrected chi connectivity index (χ1v) is 14.2. The van der Waals surface area contributed by atoms with Crippen molar-refractivity contribution in [2.24, 2.45) is 0 Å². The lowest BCUT2D eigenvalue weighted by Crippen LogP contribution is -2.41. The molecule has 0 unspecified atom stereocenters. The quantitative estimate of drug-likeness (QED) is 0.125. The van der Waals surface area contributed by atoms with Crippen LogP contribution in [0.3, 0.4) is 0 Å². The van der Waals surface area contributed by atoms with Gasteiger partial charge in [0.15, 0.2) is 0 Å². The number of rotatable bonds is 20. The van der Waals surface area contributed by atoms with Gasteiger partial charge in [0.2, 0.25) is 0 Å². The summed E-state index contributed by atoms with van der Waals surface area (Å²) in [5.41, 5.74) is 0. The molecular weight excluding hydrogens is 397 g/mol. The van der Waals surface area contributed by atoms with E-state index in [9.17, 15) is 0 Å². The summed E-state index contributed by atoms with van der Waals surface area (Å²) in [4.78, 5) is 22.9. The largest absolute Gasteiger partial charge is 0.756 e. The molecule has 0 radical (unpaired) electrons. The first kappa shape index (κ1) is 32.3. The van der Waals surface area contributed by atoms with Gasteiger partial charge in [-0.2, -0.15) is 0 Å². The Kier molecular flexibility index (Phi) is 23.9. The Morgan fingerprint density at radius 2 is 0.767 bits per heavy atom. The Morgan fingerprint density at radius 1 is 0.567 bits per heavy atom. The molecule has 0 atom stereocenters. The Balaban J connectivity index is 0. The maximum absolute atomic E-state index is 8.77. The van der Waals surface area contributed by atoms with Crippen molar-refractivity contribution in [1.29, 1.82) is 0 Å². The van der Waals surface area contributed by atoms with E-state index in [2.05, 4.69) is 27.9 Å². The second kappa shape index (κ2) is 22.3. The van der Waals surface area contributed by atoms with E-state index in [0.29, 0.717) is 0 Å². The summed E-state index contributed by atoms with van der Waals surface area (Å²) >= 11 is 0. The van der Waals surface area contributed by atoms with E-state index in [1.54, 1.807) is 0 Å². The van der Waals surface area contributed by atoms with Crippen LogP contribution in [0.15, 0.2) is 0 Å². The van der Waals surface area contributed by atoms with Crippen LogP contribution in [0.1, 0.15) is 129 Å². The van der Waals surface area contributed by atoms with Crippen molar-refractivity contribution < 1.29 is 23.7 Å². The lowest BCUT2D eigenvalue weighted by molar-refractivity contribution is -0.890. The van der Waals surface area contributed by atoms with Gasteiger partial charge in [-0.05, 0) is 25.7 Å². The van der Waals surface area contributed by atoms with Gasteiger partial charge < -0.3 is 19.2 Å². The first-order valence-electron chi connectivity index (χ1n) is 12.7. The predicted molar refractivity (Wildman–Crippen MR) is 128 cm³/mol. The van der Waals surface area contributed by atoms with E-state index in [-0.39, 0.29) is 0 Å². The molecular formula is C24H54NO4P. The summed E-state index contributed by atoms with van der Waals surface area (Å²) in [7, 11) is -0.00894. The van der Waals surface area contributed by atoms with Crippen molar-refractivity contribution >= 4 is 7.82 Å². The number of hydrogen-bond acceptors (Lipinski definition) is 2.